The van der Waals surface area contributed by atoms with Crippen LogP contribution in [-0.4, -0.2) is 36.2 Å². The molecule has 0 aliphatic carbocycles. The summed E-state index contributed by atoms with van der Waals surface area (Å²) < 4.78 is 50.5. The molecule has 2 aromatic carbocycles. The average Bonchev–Trinajstić information content (AvgIpc) is 2.66. The fourth-order valence-corrected chi connectivity index (χ4v) is 5.02. The second-order valence-corrected chi connectivity index (χ2v) is 11.2. The Morgan fingerprint density at radius 3 is 2.14 bits per heavy atom. The molecule has 1 heterocycles. The van der Waals surface area contributed by atoms with Crippen LogP contribution in [0.3, 0.4) is 0 Å². The number of piperidine rings is 1. The number of rotatable bonds is 6. The van der Waals surface area contributed by atoms with Crippen LogP contribution in [0.4, 0.5) is 5.69 Å². The Hall–Kier alpha value is -1.90. The van der Waals surface area contributed by atoms with E-state index in [2.05, 4.69) is 16.5 Å². The van der Waals surface area contributed by atoms with Crippen molar-refractivity contribution in [3.05, 3.63) is 54.1 Å². The molecule has 8 heteroatoms. The Labute approximate surface area is 167 Å². The minimum Gasteiger partial charge on any atom is -0.371 e. The highest BCUT2D eigenvalue weighted by atomic mass is 32.2. The number of nitrogens with zero attached hydrogens (tertiary/aromatic N) is 1. The summed E-state index contributed by atoms with van der Waals surface area (Å²) in [4.78, 5) is 2.50. The molecule has 0 aromatic heterocycles. The van der Waals surface area contributed by atoms with Gasteiger partial charge in [0.05, 0.1) is 9.79 Å². The Bertz CT molecular complexity index is 1010. The number of sulfonamides is 1. The minimum atomic E-state index is -3.71. The third-order valence-corrected chi connectivity index (χ3v) is 7.53. The van der Waals surface area contributed by atoms with E-state index in [1.54, 1.807) is 0 Å². The largest absolute Gasteiger partial charge is 0.371 e. The normalized spacial score (nSPS) is 18.2. The molecule has 6 nitrogen and oxygen atoms in total. The molecule has 1 saturated heterocycles. The second kappa shape index (κ2) is 8.23. The van der Waals surface area contributed by atoms with Gasteiger partial charge in [0.15, 0.2) is 9.84 Å². The van der Waals surface area contributed by atoms with Gasteiger partial charge in [0, 0.05) is 31.6 Å². The first-order valence-electron chi connectivity index (χ1n) is 9.29. The summed E-state index contributed by atoms with van der Waals surface area (Å²) >= 11 is 0. The monoisotopic (exact) mass is 422 g/mol. The van der Waals surface area contributed by atoms with Gasteiger partial charge in [-0.1, -0.05) is 19.1 Å². The zero-order chi connectivity index (χ0) is 20.4. The van der Waals surface area contributed by atoms with E-state index in [-0.39, 0.29) is 16.3 Å². The smallest absolute Gasteiger partial charge is 0.240 e. The van der Waals surface area contributed by atoms with Crippen LogP contribution in [-0.2, 0) is 26.4 Å². The van der Waals surface area contributed by atoms with Crippen LogP contribution < -0.4 is 9.62 Å². The SMILES string of the molecule is CC1CCCN(c2ccc(CNS(=O)(=O)c3ccc(S(C)(=O)=O)cc3)cc2)C1. The van der Waals surface area contributed by atoms with E-state index < -0.39 is 19.9 Å². The van der Waals surface area contributed by atoms with Crippen molar-refractivity contribution in [3.8, 4) is 0 Å². The first-order chi connectivity index (χ1) is 13.1. The van der Waals surface area contributed by atoms with Gasteiger partial charge in [-0.15, -0.1) is 0 Å². The lowest BCUT2D eigenvalue weighted by Gasteiger charge is -2.32. The summed E-state index contributed by atoms with van der Waals surface area (Å²) in [6, 6.07) is 13.1. The van der Waals surface area contributed by atoms with E-state index in [4.69, 9.17) is 0 Å². The number of nitrogens with one attached hydrogen (secondary N) is 1. The summed E-state index contributed by atoms with van der Waals surface area (Å²) in [5.41, 5.74) is 2.03. The predicted molar refractivity (Wildman–Crippen MR) is 111 cm³/mol. The van der Waals surface area contributed by atoms with Gasteiger partial charge in [-0.3, -0.25) is 0 Å². The van der Waals surface area contributed by atoms with E-state index in [1.165, 1.54) is 37.1 Å². The fourth-order valence-electron chi connectivity index (χ4n) is 3.38. The van der Waals surface area contributed by atoms with Crippen molar-refractivity contribution in [2.45, 2.75) is 36.1 Å². The molecule has 2 aromatic rings. The van der Waals surface area contributed by atoms with Crippen LogP contribution in [0.1, 0.15) is 25.3 Å². The maximum Gasteiger partial charge on any atom is 0.240 e. The van der Waals surface area contributed by atoms with Crippen molar-refractivity contribution in [3.63, 3.8) is 0 Å². The third kappa shape index (κ3) is 5.12. The molecule has 0 radical (unpaired) electrons. The highest BCUT2D eigenvalue weighted by molar-refractivity contribution is 7.90. The van der Waals surface area contributed by atoms with Gasteiger partial charge in [-0.25, -0.2) is 21.6 Å². The van der Waals surface area contributed by atoms with Gasteiger partial charge in [-0.2, -0.15) is 0 Å². The highest BCUT2D eigenvalue weighted by Crippen LogP contribution is 2.23. The van der Waals surface area contributed by atoms with E-state index in [0.29, 0.717) is 5.92 Å². The van der Waals surface area contributed by atoms with Crippen molar-refractivity contribution in [1.29, 1.82) is 0 Å². The molecule has 1 aliphatic rings. The average molecular weight is 423 g/mol. The first kappa shape index (κ1) is 20.8. The van der Waals surface area contributed by atoms with E-state index in [0.717, 1.165) is 30.6 Å². The molecule has 0 spiro atoms. The number of hydrogen-bond acceptors (Lipinski definition) is 5. The molecule has 1 N–H and O–H groups in total. The molecule has 0 bridgehead atoms. The molecule has 1 fully saturated rings. The Morgan fingerprint density at radius 2 is 1.57 bits per heavy atom. The van der Waals surface area contributed by atoms with Gasteiger partial charge in [0.1, 0.15) is 0 Å². The Balaban J connectivity index is 1.64. The lowest BCUT2D eigenvalue weighted by atomic mass is 9.99. The van der Waals surface area contributed by atoms with Crippen molar-refractivity contribution in [2.75, 3.05) is 24.2 Å². The summed E-state index contributed by atoms with van der Waals surface area (Å²) in [7, 11) is -7.07. The molecule has 0 saturated carbocycles. The summed E-state index contributed by atoms with van der Waals surface area (Å²) in [5.74, 6) is 0.689. The molecule has 1 unspecified atom stereocenters. The lowest BCUT2D eigenvalue weighted by molar-refractivity contribution is 0.447. The Kier molecular flexibility index (Phi) is 6.12. The van der Waals surface area contributed by atoms with Gasteiger partial charge in [0.2, 0.25) is 10.0 Å². The number of benzene rings is 2. The van der Waals surface area contributed by atoms with Crippen molar-refractivity contribution in [1.82, 2.24) is 4.72 Å². The van der Waals surface area contributed by atoms with Gasteiger partial charge in [0.25, 0.3) is 0 Å². The minimum absolute atomic E-state index is 0.0406. The van der Waals surface area contributed by atoms with Crippen molar-refractivity contribution in [2.24, 2.45) is 5.92 Å². The molecule has 1 aliphatic heterocycles. The van der Waals surface area contributed by atoms with Crippen LogP contribution in [0.15, 0.2) is 58.3 Å². The van der Waals surface area contributed by atoms with Crippen LogP contribution in [0.25, 0.3) is 0 Å². The molecular weight excluding hydrogens is 396 g/mol. The maximum absolute atomic E-state index is 12.4. The fraction of sp³-hybridized carbons (Fsp3) is 0.400. The first-order valence-corrected chi connectivity index (χ1v) is 12.7. The standard InChI is InChI=1S/C20H26N2O4S2/c1-16-4-3-13-22(15-16)18-7-5-17(6-8-18)14-21-28(25,26)20-11-9-19(10-12-20)27(2,23)24/h5-12,16,21H,3-4,13-15H2,1-2H3. The van der Waals surface area contributed by atoms with Crippen molar-refractivity contribution < 1.29 is 16.8 Å². The summed E-state index contributed by atoms with van der Waals surface area (Å²) in [6.07, 6.45) is 3.55. The van der Waals surface area contributed by atoms with E-state index >= 15 is 0 Å². The second-order valence-electron chi connectivity index (χ2n) is 7.43. The molecule has 3 rings (SSSR count). The van der Waals surface area contributed by atoms with Gasteiger partial charge >= 0.3 is 0 Å². The van der Waals surface area contributed by atoms with Crippen LogP contribution in [0.2, 0.25) is 0 Å². The van der Waals surface area contributed by atoms with Crippen LogP contribution in [0.5, 0.6) is 0 Å². The summed E-state index contributed by atoms with van der Waals surface area (Å²) in [6.45, 7) is 4.54. The number of hydrogen-bond donors (Lipinski definition) is 1. The third-order valence-electron chi connectivity index (χ3n) is 4.99. The predicted octanol–water partition coefficient (Wildman–Crippen LogP) is 2.80. The zero-order valence-corrected chi connectivity index (χ0v) is 17.8. The molecule has 0 amide bonds. The number of sulfone groups is 1. The van der Waals surface area contributed by atoms with Crippen LogP contribution >= 0.6 is 0 Å². The quantitative estimate of drug-likeness (QED) is 0.774. The molecule has 28 heavy (non-hydrogen) atoms. The molecule has 1 atom stereocenters. The van der Waals surface area contributed by atoms with Crippen molar-refractivity contribution >= 4 is 25.5 Å². The molecule has 152 valence electrons. The van der Waals surface area contributed by atoms with E-state index in [1.807, 2.05) is 24.3 Å². The highest BCUT2D eigenvalue weighted by Gasteiger charge is 2.17. The lowest BCUT2D eigenvalue weighted by Crippen LogP contribution is -2.34. The Morgan fingerprint density at radius 1 is 0.964 bits per heavy atom. The summed E-state index contributed by atoms with van der Waals surface area (Å²) in [5, 5.41) is 0. The van der Waals surface area contributed by atoms with E-state index in [9.17, 15) is 16.8 Å². The van der Waals surface area contributed by atoms with Gasteiger partial charge < -0.3 is 4.90 Å². The zero-order valence-electron chi connectivity index (χ0n) is 16.1. The van der Waals surface area contributed by atoms with Crippen LogP contribution in [0, 0.1) is 5.92 Å². The topological polar surface area (TPSA) is 83.6 Å². The van der Waals surface area contributed by atoms with Gasteiger partial charge in [-0.05, 0) is 60.7 Å². The molecular formula is C20H26N2O4S2. The maximum atomic E-state index is 12.4. The number of anilines is 1.